The minimum absolute atomic E-state index is 0.106. The fourth-order valence-electron chi connectivity index (χ4n) is 4.23. The van der Waals surface area contributed by atoms with E-state index >= 15 is 0 Å². The van der Waals surface area contributed by atoms with Gasteiger partial charge >= 0.3 is 6.03 Å². The molecule has 30 heavy (non-hydrogen) atoms. The van der Waals surface area contributed by atoms with Gasteiger partial charge in [-0.2, -0.15) is 4.98 Å². The van der Waals surface area contributed by atoms with E-state index in [1.807, 2.05) is 17.0 Å². The summed E-state index contributed by atoms with van der Waals surface area (Å²) in [6.45, 7) is 3.95. The maximum Gasteiger partial charge on any atom is 0.321 e. The summed E-state index contributed by atoms with van der Waals surface area (Å²) in [5, 5.41) is 7.12. The highest BCUT2D eigenvalue weighted by Crippen LogP contribution is 2.33. The number of aromatic nitrogens is 2. The Morgan fingerprint density at radius 3 is 2.80 bits per heavy atom. The molecule has 1 aromatic carbocycles. The maximum atomic E-state index is 12.7. The van der Waals surface area contributed by atoms with Crippen LogP contribution in [0.5, 0.6) is 11.5 Å². The largest absolute Gasteiger partial charge is 0.486 e. The molecule has 0 bridgehead atoms. The topological polar surface area (TPSA) is 99.0 Å². The number of amides is 2. The van der Waals surface area contributed by atoms with Crippen LogP contribution in [0.15, 0.2) is 22.7 Å². The van der Waals surface area contributed by atoms with Crippen LogP contribution in [0.2, 0.25) is 0 Å². The SMILES string of the molecule is O=C(Nc1ccc2c(c1)OCCO2)N1CCC(Cc2noc(C3CCOCC3)n2)C1. The number of rotatable bonds is 4. The highest BCUT2D eigenvalue weighted by Gasteiger charge is 2.29. The fourth-order valence-corrected chi connectivity index (χ4v) is 4.23. The average Bonchev–Trinajstić information content (AvgIpc) is 3.45. The summed E-state index contributed by atoms with van der Waals surface area (Å²) in [5.41, 5.74) is 0.701. The molecule has 2 saturated heterocycles. The zero-order chi connectivity index (χ0) is 20.3. The number of carbonyl (C=O) groups excluding carboxylic acids is 1. The van der Waals surface area contributed by atoms with Crippen molar-refractivity contribution in [2.75, 3.05) is 44.8 Å². The van der Waals surface area contributed by atoms with Gasteiger partial charge in [-0.3, -0.25) is 0 Å². The molecule has 160 valence electrons. The Labute approximate surface area is 174 Å². The lowest BCUT2D eigenvalue weighted by molar-refractivity contribution is 0.0778. The third kappa shape index (κ3) is 4.21. The van der Waals surface area contributed by atoms with E-state index in [1.54, 1.807) is 6.07 Å². The molecule has 9 nitrogen and oxygen atoms in total. The van der Waals surface area contributed by atoms with Crippen LogP contribution in [0.25, 0.3) is 0 Å². The van der Waals surface area contributed by atoms with Gasteiger partial charge in [0.15, 0.2) is 17.3 Å². The molecule has 0 saturated carbocycles. The number of urea groups is 1. The number of likely N-dealkylation sites (tertiary alicyclic amines) is 1. The Hall–Kier alpha value is -2.81. The van der Waals surface area contributed by atoms with E-state index in [4.69, 9.17) is 18.7 Å². The van der Waals surface area contributed by atoms with Crippen LogP contribution < -0.4 is 14.8 Å². The van der Waals surface area contributed by atoms with Gasteiger partial charge in [0.05, 0.1) is 0 Å². The molecule has 0 radical (unpaired) electrons. The maximum absolute atomic E-state index is 12.7. The summed E-state index contributed by atoms with van der Waals surface area (Å²) in [6, 6.07) is 5.35. The van der Waals surface area contributed by atoms with E-state index < -0.39 is 0 Å². The van der Waals surface area contributed by atoms with Gasteiger partial charge in [0.25, 0.3) is 0 Å². The van der Waals surface area contributed by atoms with E-state index in [1.165, 1.54) is 0 Å². The molecule has 1 atom stereocenters. The monoisotopic (exact) mass is 414 g/mol. The number of anilines is 1. The fraction of sp³-hybridized carbons (Fsp3) is 0.571. The van der Waals surface area contributed by atoms with Gasteiger partial charge in [-0.1, -0.05) is 5.16 Å². The first kappa shape index (κ1) is 19.2. The molecule has 1 N–H and O–H groups in total. The van der Waals surface area contributed by atoms with E-state index in [-0.39, 0.29) is 6.03 Å². The lowest BCUT2D eigenvalue weighted by Gasteiger charge is -2.20. The minimum Gasteiger partial charge on any atom is -0.486 e. The van der Waals surface area contributed by atoms with Crippen molar-refractivity contribution in [3.63, 3.8) is 0 Å². The molecule has 2 aromatic rings. The number of nitrogens with zero attached hydrogens (tertiary/aromatic N) is 3. The van der Waals surface area contributed by atoms with Gasteiger partial charge in [0.1, 0.15) is 13.2 Å². The van der Waals surface area contributed by atoms with Crippen LogP contribution in [-0.4, -0.2) is 60.6 Å². The van der Waals surface area contributed by atoms with Crippen molar-refractivity contribution in [2.24, 2.45) is 5.92 Å². The molecule has 1 unspecified atom stereocenters. The summed E-state index contributed by atoms with van der Waals surface area (Å²) >= 11 is 0. The van der Waals surface area contributed by atoms with Gasteiger partial charge in [0.2, 0.25) is 5.89 Å². The number of carbonyl (C=O) groups is 1. The molecule has 2 fully saturated rings. The molecular weight excluding hydrogens is 388 g/mol. The van der Waals surface area contributed by atoms with E-state index in [0.717, 1.165) is 50.6 Å². The first-order valence-electron chi connectivity index (χ1n) is 10.6. The van der Waals surface area contributed by atoms with Gasteiger partial charge in [-0.25, -0.2) is 4.79 Å². The zero-order valence-corrected chi connectivity index (χ0v) is 16.8. The normalized spacial score (nSPS) is 21.6. The van der Waals surface area contributed by atoms with Crippen molar-refractivity contribution >= 4 is 11.7 Å². The number of ether oxygens (including phenoxy) is 3. The smallest absolute Gasteiger partial charge is 0.321 e. The van der Waals surface area contributed by atoms with E-state index in [0.29, 0.717) is 55.3 Å². The molecule has 3 aliphatic heterocycles. The zero-order valence-electron chi connectivity index (χ0n) is 16.8. The van der Waals surface area contributed by atoms with E-state index in [2.05, 4.69) is 15.5 Å². The number of nitrogens with one attached hydrogen (secondary N) is 1. The average molecular weight is 414 g/mol. The predicted octanol–water partition coefficient (Wildman–Crippen LogP) is 2.83. The second-order valence-electron chi connectivity index (χ2n) is 8.03. The molecule has 0 aliphatic carbocycles. The quantitative estimate of drug-likeness (QED) is 0.821. The van der Waals surface area contributed by atoms with Crippen molar-refractivity contribution in [3.8, 4) is 11.5 Å². The highest BCUT2D eigenvalue weighted by molar-refractivity contribution is 5.90. The van der Waals surface area contributed by atoms with Crippen LogP contribution in [0.3, 0.4) is 0 Å². The number of benzene rings is 1. The summed E-state index contributed by atoms with van der Waals surface area (Å²) < 4.78 is 22.0. The highest BCUT2D eigenvalue weighted by atomic mass is 16.6. The molecular formula is C21H26N4O5. The molecule has 3 aliphatic rings. The van der Waals surface area contributed by atoms with Crippen LogP contribution in [0.4, 0.5) is 10.5 Å². The predicted molar refractivity (Wildman–Crippen MR) is 107 cm³/mol. The Kier molecular flexibility index (Phi) is 5.44. The van der Waals surface area contributed by atoms with Crippen LogP contribution in [0.1, 0.15) is 36.9 Å². The molecule has 4 heterocycles. The van der Waals surface area contributed by atoms with Crippen molar-refractivity contribution in [1.82, 2.24) is 15.0 Å². The molecule has 9 heteroatoms. The summed E-state index contributed by atoms with van der Waals surface area (Å²) in [5.74, 6) is 3.46. The molecule has 1 aromatic heterocycles. The van der Waals surface area contributed by atoms with Crippen LogP contribution >= 0.6 is 0 Å². The molecule has 2 amide bonds. The van der Waals surface area contributed by atoms with Crippen molar-refractivity contribution in [3.05, 3.63) is 29.9 Å². The van der Waals surface area contributed by atoms with Crippen LogP contribution in [-0.2, 0) is 11.2 Å². The summed E-state index contributed by atoms with van der Waals surface area (Å²) in [4.78, 5) is 19.1. The second kappa shape index (κ2) is 8.51. The molecule has 5 rings (SSSR count). The third-order valence-electron chi connectivity index (χ3n) is 5.89. The third-order valence-corrected chi connectivity index (χ3v) is 5.89. The Morgan fingerprint density at radius 2 is 1.93 bits per heavy atom. The minimum atomic E-state index is -0.106. The number of hydrogen-bond donors (Lipinski definition) is 1. The Balaban J connectivity index is 1.14. The van der Waals surface area contributed by atoms with Crippen molar-refractivity contribution in [2.45, 2.75) is 31.6 Å². The van der Waals surface area contributed by atoms with Gasteiger partial charge in [-0.05, 0) is 37.3 Å². The first-order valence-corrected chi connectivity index (χ1v) is 10.6. The van der Waals surface area contributed by atoms with E-state index in [9.17, 15) is 4.79 Å². The standard InChI is InChI=1S/C21H26N4O5/c26-21(22-16-1-2-17-18(12-16)29-10-9-28-17)25-6-3-14(13-25)11-19-23-20(30-24-19)15-4-7-27-8-5-15/h1-2,12,14-15H,3-11,13H2,(H,22,26). The molecule has 0 spiro atoms. The van der Waals surface area contributed by atoms with Gasteiger partial charge in [0, 0.05) is 50.4 Å². The van der Waals surface area contributed by atoms with Gasteiger partial charge in [-0.15, -0.1) is 0 Å². The Morgan fingerprint density at radius 1 is 1.10 bits per heavy atom. The first-order chi connectivity index (χ1) is 14.7. The van der Waals surface area contributed by atoms with Crippen molar-refractivity contribution in [1.29, 1.82) is 0 Å². The van der Waals surface area contributed by atoms with Crippen molar-refractivity contribution < 1.29 is 23.5 Å². The number of fused-ring (bicyclic) bond motifs is 1. The lowest BCUT2D eigenvalue weighted by Crippen LogP contribution is -2.33. The van der Waals surface area contributed by atoms with Crippen LogP contribution in [0, 0.1) is 5.92 Å². The summed E-state index contributed by atoms with van der Waals surface area (Å²) in [6.07, 6.45) is 3.51. The Bertz CT molecular complexity index is 895. The second-order valence-corrected chi connectivity index (χ2v) is 8.03. The lowest BCUT2D eigenvalue weighted by atomic mass is 10.0. The summed E-state index contributed by atoms with van der Waals surface area (Å²) in [7, 11) is 0. The number of hydrogen-bond acceptors (Lipinski definition) is 7. The van der Waals surface area contributed by atoms with Gasteiger partial charge < -0.3 is 29.0 Å².